The first-order valence-electron chi connectivity index (χ1n) is 4.88. The zero-order valence-electron chi connectivity index (χ0n) is 8.20. The lowest BCUT2D eigenvalue weighted by molar-refractivity contribution is -0.113. The van der Waals surface area contributed by atoms with Crippen LogP contribution in [0.1, 0.15) is 31.2 Å². The number of ether oxygens (including phenoxy) is 1. The molecule has 0 N–H and O–H groups in total. The van der Waals surface area contributed by atoms with Gasteiger partial charge in [0.2, 0.25) is 0 Å². The normalized spacial score (nSPS) is 33.1. The Morgan fingerprint density at radius 1 is 1.79 bits per heavy atom. The topological polar surface area (TPSA) is 22.1 Å². The molecule has 0 saturated carbocycles. The molecule has 1 saturated heterocycles. The Labute approximate surface area is 96.8 Å². The molecule has 0 bridgehead atoms. The van der Waals surface area contributed by atoms with E-state index in [0.717, 1.165) is 23.2 Å². The molecule has 0 amide bonds. The van der Waals surface area contributed by atoms with E-state index in [-0.39, 0.29) is 5.60 Å². The first-order valence-corrected chi connectivity index (χ1v) is 6.88. The standard InChI is InChI=1S/C10H14BrNOS/c1-10(9-12-5-6-14-9)4-2-3-8(7-11)13-10/h5-6,8H,2-4,7H2,1H3. The van der Waals surface area contributed by atoms with Gasteiger partial charge in [0, 0.05) is 16.9 Å². The maximum atomic E-state index is 6.07. The first kappa shape index (κ1) is 10.6. The molecule has 1 fully saturated rings. The Morgan fingerprint density at radius 3 is 3.29 bits per heavy atom. The van der Waals surface area contributed by atoms with Gasteiger partial charge in [-0.05, 0) is 26.2 Å². The molecule has 2 unspecified atom stereocenters. The van der Waals surface area contributed by atoms with E-state index in [1.807, 2.05) is 11.6 Å². The molecular weight excluding hydrogens is 262 g/mol. The first-order chi connectivity index (χ1) is 6.74. The van der Waals surface area contributed by atoms with Gasteiger partial charge in [-0.3, -0.25) is 0 Å². The lowest BCUT2D eigenvalue weighted by Gasteiger charge is -2.36. The van der Waals surface area contributed by atoms with Crippen LogP contribution in [0.2, 0.25) is 0 Å². The van der Waals surface area contributed by atoms with Crippen LogP contribution < -0.4 is 0 Å². The summed E-state index contributed by atoms with van der Waals surface area (Å²) in [6.45, 7) is 2.15. The molecule has 4 heteroatoms. The summed E-state index contributed by atoms with van der Waals surface area (Å²) in [4.78, 5) is 4.36. The smallest absolute Gasteiger partial charge is 0.124 e. The number of alkyl halides is 1. The molecule has 0 aliphatic carbocycles. The van der Waals surface area contributed by atoms with E-state index in [1.54, 1.807) is 11.3 Å². The zero-order valence-corrected chi connectivity index (χ0v) is 10.6. The van der Waals surface area contributed by atoms with E-state index in [1.165, 1.54) is 6.42 Å². The molecule has 2 heterocycles. The molecule has 14 heavy (non-hydrogen) atoms. The summed E-state index contributed by atoms with van der Waals surface area (Å²) in [5.41, 5.74) is -0.148. The van der Waals surface area contributed by atoms with Crippen molar-refractivity contribution in [2.75, 3.05) is 5.33 Å². The average Bonchev–Trinajstić information content (AvgIpc) is 2.71. The van der Waals surface area contributed by atoms with Crippen LogP contribution in [0.4, 0.5) is 0 Å². The van der Waals surface area contributed by atoms with Gasteiger partial charge in [-0.1, -0.05) is 15.9 Å². The van der Waals surface area contributed by atoms with Gasteiger partial charge in [0.1, 0.15) is 10.6 Å². The summed E-state index contributed by atoms with van der Waals surface area (Å²) in [7, 11) is 0. The molecule has 1 aliphatic heterocycles. The second-order valence-corrected chi connectivity index (χ2v) is 5.40. The van der Waals surface area contributed by atoms with Gasteiger partial charge in [-0.25, -0.2) is 4.98 Å². The summed E-state index contributed by atoms with van der Waals surface area (Å²) < 4.78 is 6.07. The van der Waals surface area contributed by atoms with E-state index in [2.05, 4.69) is 27.8 Å². The molecule has 0 radical (unpaired) electrons. The van der Waals surface area contributed by atoms with Gasteiger partial charge in [0.25, 0.3) is 0 Å². The Bertz CT molecular complexity index is 290. The van der Waals surface area contributed by atoms with Crippen molar-refractivity contribution in [3.8, 4) is 0 Å². The molecule has 1 aromatic heterocycles. The Balaban J connectivity index is 2.15. The van der Waals surface area contributed by atoms with E-state index < -0.39 is 0 Å². The van der Waals surface area contributed by atoms with Crippen LogP contribution >= 0.6 is 27.3 Å². The molecule has 2 nitrogen and oxygen atoms in total. The van der Waals surface area contributed by atoms with Crippen molar-refractivity contribution in [3.05, 3.63) is 16.6 Å². The number of hydrogen-bond donors (Lipinski definition) is 0. The van der Waals surface area contributed by atoms with E-state index in [4.69, 9.17) is 4.74 Å². The molecule has 1 aromatic rings. The van der Waals surface area contributed by atoms with E-state index in [9.17, 15) is 0 Å². The lowest BCUT2D eigenvalue weighted by atomic mass is 9.94. The monoisotopic (exact) mass is 275 g/mol. The van der Waals surface area contributed by atoms with Crippen LogP contribution in [0.25, 0.3) is 0 Å². The van der Waals surface area contributed by atoms with Gasteiger partial charge < -0.3 is 4.74 Å². The van der Waals surface area contributed by atoms with Crippen molar-refractivity contribution >= 4 is 27.3 Å². The van der Waals surface area contributed by atoms with Crippen LogP contribution in [0.15, 0.2) is 11.6 Å². The second kappa shape index (κ2) is 4.29. The largest absolute Gasteiger partial charge is 0.364 e. The van der Waals surface area contributed by atoms with Gasteiger partial charge in [0.15, 0.2) is 0 Å². The van der Waals surface area contributed by atoms with Crippen LogP contribution in [0.5, 0.6) is 0 Å². The fraction of sp³-hybridized carbons (Fsp3) is 0.700. The number of aromatic nitrogens is 1. The third-order valence-electron chi connectivity index (χ3n) is 2.66. The Morgan fingerprint density at radius 2 is 2.64 bits per heavy atom. The zero-order chi connectivity index (χ0) is 10.0. The predicted octanol–water partition coefficient (Wildman–Crippen LogP) is 3.32. The van der Waals surface area contributed by atoms with Crippen molar-refractivity contribution in [2.24, 2.45) is 0 Å². The summed E-state index contributed by atoms with van der Waals surface area (Å²) in [6, 6.07) is 0. The maximum Gasteiger partial charge on any atom is 0.124 e. The highest BCUT2D eigenvalue weighted by atomic mass is 79.9. The lowest BCUT2D eigenvalue weighted by Crippen LogP contribution is -2.36. The quantitative estimate of drug-likeness (QED) is 0.773. The Hall–Kier alpha value is 0.0700. The summed E-state index contributed by atoms with van der Waals surface area (Å²) in [5.74, 6) is 0. The van der Waals surface area contributed by atoms with Crippen LogP contribution in [0, 0.1) is 0 Å². The minimum atomic E-state index is -0.148. The highest BCUT2D eigenvalue weighted by molar-refractivity contribution is 9.09. The van der Waals surface area contributed by atoms with Crippen molar-refractivity contribution in [2.45, 2.75) is 37.9 Å². The van der Waals surface area contributed by atoms with Gasteiger partial charge in [-0.15, -0.1) is 11.3 Å². The molecular formula is C10H14BrNOS. The van der Waals surface area contributed by atoms with Crippen molar-refractivity contribution in [1.29, 1.82) is 0 Å². The predicted molar refractivity (Wildman–Crippen MR) is 62.0 cm³/mol. The number of hydrogen-bond acceptors (Lipinski definition) is 3. The fourth-order valence-corrected chi connectivity index (χ4v) is 3.13. The Kier molecular flexibility index (Phi) is 3.24. The number of nitrogens with zero attached hydrogens (tertiary/aromatic N) is 1. The summed E-state index contributed by atoms with van der Waals surface area (Å²) >= 11 is 5.17. The fourth-order valence-electron chi connectivity index (χ4n) is 1.90. The third kappa shape index (κ3) is 2.02. The van der Waals surface area contributed by atoms with Crippen molar-refractivity contribution < 1.29 is 4.74 Å². The number of halogens is 1. The van der Waals surface area contributed by atoms with Crippen LogP contribution in [-0.4, -0.2) is 16.4 Å². The van der Waals surface area contributed by atoms with Crippen molar-refractivity contribution in [3.63, 3.8) is 0 Å². The summed E-state index contributed by atoms with van der Waals surface area (Å²) in [5, 5.41) is 4.05. The highest BCUT2D eigenvalue weighted by Crippen LogP contribution is 2.38. The third-order valence-corrected chi connectivity index (χ3v) is 4.40. The average molecular weight is 276 g/mol. The highest BCUT2D eigenvalue weighted by Gasteiger charge is 2.36. The molecule has 2 atom stereocenters. The van der Waals surface area contributed by atoms with E-state index in [0.29, 0.717) is 6.10 Å². The number of rotatable bonds is 2. The van der Waals surface area contributed by atoms with Gasteiger partial charge in [-0.2, -0.15) is 0 Å². The van der Waals surface area contributed by atoms with Crippen LogP contribution in [-0.2, 0) is 10.3 Å². The minimum absolute atomic E-state index is 0.148. The molecule has 1 aliphatic rings. The maximum absolute atomic E-state index is 6.07. The molecule has 0 aromatic carbocycles. The van der Waals surface area contributed by atoms with Gasteiger partial charge in [0.05, 0.1) is 6.10 Å². The van der Waals surface area contributed by atoms with Crippen molar-refractivity contribution in [1.82, 2.24) is 4.98 Å². The van der Waals surface area contributed by atoms with Crippen LogP contribution in [0.3, 0.4) is 0 Å². The molecule has 2 rings (SSSR count). The summed E-state index contributed by atoms with van der Waals surface area (Å²) in [6.07, 6.45) is 5.67. The molecule has 0 spiro atoms. The molecule has 78 valence electrons. The second-order valence-electron chi connectivity index (χ2n) is 3.85. The minimum Gasteiger partial charge on any atom is -0.364 e. The van der Waals surface area contributed by atoms with E-state index >= 15 is 0 Å². The number of thiazole rings is 1. The SMILES string of the molecule is CC1(c2nccs2)CCCC(CBr)O1. The van der Waals surface area contributed by atoms with Gasteiger partial charge >= 0.3 is 0 Å².